The van der Waals surface area contributed by atoms with Gasteiger partial charge in [-0.3, -0.25) is 4.79 Å². The second-order valence-corrected chi connectivity index (χ2v) is 4.75. The first kappa shape index (κ1) is 16.6. The van der Waals surface area contributed by atoms with Gasteiger partial charge in [-0.15, -0.1) is 0 Å². The van der Waals surface area contributed by atoms with Crippen molar-refractivity contribution < 1.29 is 24.6 Å². The summed E-state index contributed by atoms with van der Waals surface area (Å²) in [6.07, 6.45) is 0.677. The Morgan fingerprint density at radius 2 is 1.62 bits per heavy atom. The molecule has 0 aromatic heterocycles. The van der Waals surface area contributed by atoms with E-state index >= 15 is 0 Å². The third-order valence-corrected chi connectivity index (χ3v) is 2.82. The van der Waals surface area contributed by atoms with Gasteiger partial charge < -0.3 is 20.4 Å². The predicted octanol–water partition coefficient (Wildman–Crippen LogP) is 0.765. The van der Waals surface area contributed by atoms with E-state index in [1.807, 2.05) is 19.0 Å². The molecule has 7 nitrogen and oxygen atoms in total. The number of benzene rings is 1. The number of nitrogens with zero attached hydrogens (tertiary/aromatic N) is 1. The highest BCUT2D eigenvalue weighted by Crippen LogP contribution is 2.15. The Morgan fingerprint density at radius 3 is 2.05 bits per heavy atom. The number of carboxylic acids is 2. The summed E-state index contributed by atoms with van der Waals surface area (Å²) >= 11 is 0. The lowest BCUT2D eigenvalue weighted by Crippen LogP contribution is -2.30. The molecule has 0 aliphatic carbocycles. The Morgan fingerprint density at radius 1 is 1.10 bits per heavy atom. The zero-order chi connectivity index (χ0) is 16.0. The number of carbonyl (C=O) groups excluding carboxylic acids is 1. The first-order valence-electron chi connectivity index (χ1n) is 6.37. The quantitative estimate of drug-likeness (QED) is 0.641. The molecule has 3 N–H and O–H groups in total. The minimum absolute atomic E-state index is 0.317. The lowest BCUT2D eigenvalue weighted by molar-refractivity contribution is 0.0686. The fourth-order valence-electron chi connectivity index (χ4n) is 1.84. The Balaban J connectivity index is 2.96. The minimum atomic E-state index is -1.34. The Labute approximate surface area is 122 Å². The zero-order valence-electron chi connectivity index (χ0n) is 11.9. The molecular formula is C14H18N2O5. The number of nitrogens with one attached hydrogen (secondary N) is 1. The molecule has 1 rings (SSSR count). The van der Waals surface area contributed by atoms with Crippen molar-refractivity contribution in [1.29, 1.82) is 0 Å². The van der Waals surface area contributed by atoms with E-state index in [1.54, 1.807) is 0 Å². The van der Waals surface area contributed by atoms with Crippen LogP contribution in [0.4, 0.5) is 0 Å². The predicted molar refractivity (Wildman–Crippen MR) is 75.9 cm³/mol. The maximum atomic E-state index is 12.1. The Bertz CT molecular complexity index is 522. The molecule has 0 aliphatic heterocycles. The highest BCUT2D eigenvalue weighted by Gasteiger charge is 2.23. The summed E-state index contributed by atoms with van der Waals surface area (Å²) in [5, 5.41) is 20.7. The topological polar surface area (TPSA) is 107 Å². The molecule has 0 atom stereocenters. The van der Waals surface area contributed by atoms with Gasteiger partial charge in [-0.25, -0.2) is 9.59 Å². The molecule has 0 heterocycles. The molecule has 1 amide bonds. The number of carbonyl (C=O) groups is 3. The van der Waals surface area contributed by atoms with Crippen molar-refractivity contribution >= 4 is 17.8 Å². The van der Waals surface area contributed by atoms with Crippen molar-refractivity contribution in [3.05, 3.63) is 34.9 Å². The molecule has 0 unspecified atom stereocenters. The van der Waals surface area contributed by atoms with Crippen molar-refractivity contribution in [2.24, 2.45) is 0 Å². The van der Waals surface area contributed by atoms with Crippen LogP contribution in [0.5, 0.6) is 0 Å². The van der Waals surface area contributed by atoms with Crippen LogP contribution in [-0.2, 0) is 0 Å². The summed E-state index contributed by atoms with van der Waals surface area (Å²) in [5.74, 6) is -3.36. The van der Waals surface area contributed by atoms with E-state index in [1.165, 1.54) is 18.2 Å². The largest absolute Gasteiger partial charge is 0.478 e. The van der Waals surface area contributed by atoms with E-state index in [2.05, 4.69) is 5.32 Å². The Hall–Kier alpha value is -2.41. The van der Waals surface area contributed by atoms with Gasteiger partial charge in [-0.2, -0.15) is 0 Å². The van der Waals surface area contributed by atoms with Gasteiger partial charge in [-0.1, -0.05) is 6.07 Å². The molecule has 0 fully saturated rings. The molecule has 0 spiro atoms. The third kappa shape index (κ3) is 4.57. The molecular weight excluding hydrogens is 276 g/mol. The molecule has 1 aromatic carbocycles. The van der Waals surface area contributed by atoms with Crippen LogP contribution < -0.4 is 5.32 Å². The summed E-state index contributed by atoms with van der Waals surface area (Å²) in [5.41, 5.74) is -0.956. The van der Waals surface area contributed by atoms with E-state index in [0.29, 0.717) is 13.0 Å². The average Bonchev–Trinajstić information content (AvgIpc) is 2.42. The molecule has 0 bridgehead atoms. The third-order valence-electron chi connectivity index (χ3n) is 2.82. The molecule has 0 aliphatic rings. The molecule has 21 heavy (non-hydrogen) atoms. The van der Waals surface area contributed by atoms with E-state index in [-0.39, 0.29) is 16.7 Å². The van der Waals surface area contributed by atoms with E-state index < -0.39 is 17.8 Å². The minimum Gasteiger partial charge on any atom is -0.478 e. The second-order valence-electron chi connectivity index (χ2n) is 4.75. The van der Waals surface area contributed by atoms with E-state index in [0.717, 1.165) is 6.54 Å². The highest BCUT2D eigenvalue weighted by molar-refractivity contribution is 6.11. The van der Waals surface area contributed by atoms with Crippen LogP contribution in [0.15, 0.2) is 18.2 Å². The standard InChI is InChI=1S/C14H18N2O5/c1-16(2)8-4-7-15-12(17)11-9(13(18)19)5-3-6-10(11)14(20)21/h3,5-6H,4,7-8H2,1-2H3,(H,15,17)(H,18,19)(H,20,21). The number of hydrogen-bond acceptors (Lipinski definition) is 4. The van der Waals surface area contributed by atoms with Crippen LogP contribution >= 0.6 is 0 Å². The first-order chi connectivity index (χ1) is 9.84. The number of amides is 1. The lowest BCUT2D eigenvalue weighted by Gasteiger charge is -2.12. The second kappa shape index (κ2) is 7.39. The van der Waals surface area contributed by atoms with E-state index in [4.69, 9.17) is 10.2 Å². The van der Waals surface area contributed by atoms with Crippen molar-refractivity contribution in [3.8, 4) is 0 Å². The maximum absolute atomic E-state index is 12.1. The summed E-state index contributed by atoms with van der Waals surface area (Å²) in [7, 11) is 3.79. The summed E-state index contributed by atoms with van der Waals surface area (Å²) in [6, 6.07) is 3.72. The molecule has 7 heteroatoms. The van der Waals surface area contributed by atoms with Crippen LogP contribution in [0, 0.1) is 0 Å². The SMILES string of the molecule is CN(C)CCCNC(=O)c1c(C(=O)O)cccc1C(=O)O. The molecule has 0 saturated heterocycles. The lowest BCUT2D eigenvalue weighted by atomic mass is 10.00. The molecule has 0 saturated carbocycles. The zero-order valence-corrected chi connectivity index (χ0v) is 11.9. The van der Waals surface area contributed by atoms with Gasteiger partial charge in [0.15, 0.2) is 0 Å². The van der Waals surface area contributed by atoms with Crippen molar-refractivity contribution in [1.82, 2.24) is 10.2 Å². The van der Waals surface area contributed by atoms with Crippen LogP contribution in [-0.4, -0.2) is 60.1 Å². The first-order valence-corrected chi connectivity index (χ1v) is 6.37. The van der Waals surface area contributed by atoms with Crippen molar-refractivity contribution in [2.45, 2.75) is 6.42 Å². The normalized spacial score (nSPS) is 10.4. The van der Waals surface area contributed by atoms with Gasteiger partial charge in [0.2, 0.25) is 0 Å². The monoisotopic (exact) mass is 294 g/mol. The highest BCUT2D eigenvalue weighted by atomic mass is 16.4. The van der Waals surface area contributed by atoms with E-state index in [9.17, 15) is 14.4 Å². The number of rotatable bonds is 7. The Kier molecular flexibility index (Phi) is 5.86. The van der Waals surface area contributed by atoms with Crippen LogP contribution in [0.25, 0.3) is 0 Å². The van der Waals surface area contributed by atoms with Crippen LogP contribution in [0.3, 0.4) is 0 Å². The average molecular weight is 294 g/mol. The number of carboxylic acid groups (broad SMARTS) is 2. The number of aromatic carboxylic acids is 2. The van der Waals surface area contributed by atoms with Crippen LogP contribution in [0.1, 0.15) is 37.5 Å². The van der Waals surface area contributed by atoms with Crippen molar-refractivity contribution in [3.63, 3.8) is 0 Å². The van der Waals surface area contributed by atoms with Crippen LogP contribution in [0.2, 0.25) is 0 Å². The molecule has 1 aromatic rings. The fraction of sp³-hybridized carbons (Fsp3) is 0.357. The summed E-state index contributed by atoms with van der Waals surface area (Å²) < 4.78 is 0. The van der Waals surface area contributed by atoms with Gasteiger partial charge >= 0.3 is 11.9 Å². The smallest absolute Gasteiger partial charge is 0.336 e. The van der Waals surface area contributed by atoms with Gasteiger partial charge in [0.05, 0.1) is 16.7 Å². The van der Waals surface area contributed by atoms with Gasteiger partial charge in [0.1, 0.15) is 0 Å². The molecule has 0 radical (unpaired) electrons. The maximum Gasteiger partial charge on any atom is 0.336 e. The van der Waals surface area contributed by atoms with Gasteiger partial charge in [-0.05, 0) is 39.2 Å². The fourth-order valence-corrected chi connectivity index (χ4v) is 1.84. The molecule has 114 valence electrons. The summed E-state index contributed by atoms with van der Waals surface area (Å²) in [4.78, 5) is 36.3. The summed E-state index contributed by atoms with van der Waals surface area (Å²) in [6.45, 7) is 1.09. The van der Waals surface area contributed by atoms with Gasteiger partial charge in [0, 0.05) is 6.54 Å². The van der Waals surface area contributed by atoms with Gasteiger partial charge in [0.25, 0.3) is 5.91 Å². The number of hydrogen-bond donors (Lipinski definition) is 3. The van der Waals surface area contributed by atoms with Crippen molar-refractivity contribution in [2.75, 3.05) is 27.2 Å².